The van der Waals surface area contributed by atoms with Gasteiger partial charge in [-0.1, -0.05) is 49.0 Å². The third kappa shape index (κ3) is 3.49. The molecule has 2 atom stereocenters. The second-order valence-corrected chi connectivity index (χ2v) is 5.81. The van der Waals surface area contributed by atoms with E-state index < -0.39 is 17.9 Å². The minimum Gasteiger partial charge on any atom is -0.463 e. The van der Waals surface area contributed by atoms with Crippen molar-refractivity contribution in [2.24, 2.45) is 5.92 Å². The molecule has 1 aliphatic rings. The van der Waals surface area contributed by atoms with Gasteiger partial charge in [-0.3, -0.25) is 4.79 Å². The summed E-state index contributed by atoms with van der Waals surface area (Å²) in [6, 6.07) is 12.7. The first-order chi connectivity index (χ1) is 12.1. The summed E-state index contributed by atoms with van der Waals surface area (Å²) in [4.78, 5) is 24.5. The van der Waals surface area contributed by atoms with E-state index in [-0.39, 0.29) is 12.6 Å². The fourth-order valence-electron chi connectivity index (χ4n) is 3.06. The van der Waals surface area contributed by atoms with Gasteiger partial charge in [0.05, 0.1) is 12.6 Å². The normalized spacial score (nSPS) is 20.0. The van der Waals surface area contributed by atoms with Crippen molar-refractivity contribution in [3.63, 3.8) is 0 Å². The molecule has 0 unspecified atom stereocenters. The van der Waals surface area contributed by atoms with Crippen molar-refractivity contribution in [1.82, 2.24) is 10.6 Å². The van der Waals surface area contributed by atoms with Gasteiger partial charge >= 0.3 is 12.0 Å². The molecule has 2 amide bonds. The SMILES string of the molecule is C=C1NC(=O)N[C@@H](c2cccc3ccccc23)[C@@H]1C(=O)OCCOC. The van der Waals surface area contributed by atoms with Crippen molar-refractivity contribution in [3.05, 3.63) is 60.3 Å². The summed E-state index contributed by atoms with van der Waals surface area (Å²) in [5.74, 6) is -1.17. The van der Waals surface area contributed by atoms with Gasteiger partial charge in [-0.2, -0.15) is 0 Å². The predicted octanol–water partition coefficient (Wildman–Crippen LogP) is 2.51. The lowest BCUT2D eigenvalue weighted by Crippen LogP contribution is -2.51. The summed E-state index contributed by atoms with van der Waals surface area (Å²) < 4.78 is 10.2. The molecule has 0 aromatic heterocycles. The van der Waals surface area contributed by atoms with Crippen molar-refractivity contribution in [1.29, 1.82) is 0 Å². The second kappa shape index (κ2) is 7.36. The molecule has 0 radical (unpaired) electrons. The zero-order valence-corrected chi connectivity index (χ0v) is 14.0. The first-order valence-electron chi connectivity index (χ1n) is 8.01. The van der Waals surface area contributed by atoms with Crippen molar-refractivity contribution in [3.8, 4) is 0 Å². The molecule has 2 aromatic carbocycles. The number of hydrogen-bond acceptors (Lipinski definition) is 4. The molecule has 0 spiro atoms. The van der Waals surface area contributed by atoms with E-state index >= 15 is 0 Å². The van der Waals surface area contributed by atoms with Gasteiger partial charge in [0.15, 0.2) is 0 Å². The van der Waals surface area contributed by atoms with E-state index in [4.69, 9.17) is 9.47 Å². The number of nitrogens with one attached hydrogen (secondary N) is 2. The fraction of sp³-hybridized carbons (Fsp3) is 0.263. The predicted molar refractivity (Wildman–Crippen MR) is 93.8 cm³/mol. The van der Waals surface area contributed by atoms with Crippen LogP contribution in [-0.4, -0.2) is 32.3 Å². The van der Waals surface area contributed by atoms with Gasteiger partial charge in [0, 0.05) is 12.8 Å². The topological polar surface area (TPSA) is 76.7 Å². The number of urea groups is 1. The van der Waals surface area contributed by atoms with Gasteiger partial charge in [0.25, 0.3) is 0 Å². The Morgan fingerprint density at radius 2 is 1.92 bits per heavy atom. The molecule has 0 bridgehead atoms. The number of hydrogen-bond donors (Lipinski definition) is 2. The first-order valence-corrected chi connectivity index (χ1v) is 8.01. The first kappa shape index (κ1) is 17.0. The highest BCUT2D eigenvalue weighted by atomic mass is 16.6. The molecule has 6 nitrogen and oxygen atoms in total. The summed E-state index contributed by atoms with van der Waals surface area (Å²) in [5, 5.41) is 7.41. The van der Waals surface area contributed by atoms with Crippen molar-refractivity contribution >= 4 is 22.8 Å². The van der Waals surface area contributed by atoms with E-state index in [2.05, 4.69) is 17.2 Å². The average molecular weight is 340 g/mol. The van der Waals surface area contributed by atoms with Crippen LogP contribution in [0.2, 0.25) is 0 Å². The number of carbonyl (C=O) groups excluding carboxylic acids is 2. The minimum atomic E-state index is -0.722. The van der Waals surface area contributed by atoms with Gasteiger partial charge in [0.1, 0.15) is 12.5 Å². The van der Waals surface area contributed by atoms with Crippen molar-refractivity contribution in [2.75, 3.05) is 20.3 Å². The summed E-state index contributed by atoms with van der Waals surface area (Å²) in [7, 11) is 1.54. The molecule has 1 aliphatic heterocycles. The van der Waals surface area contributed by atoms with E-state index in [0.29, 0.717) is 12.3 Å². The molecule has 1 fully saturated rings. The maximum absolute atomic E-state index is 12.6. The lowest BCUT2D eigenvalue weighted by molar-refractivity contribution is -0.149. The van der Waals surface area contributed by atoms with Crippen LogP contribution in [0.1, 0.15) is 11.6 Å². The lowest BCUT2D eigenvalue weighted by Gasteiger charge is -2.33. The highest BCUT2D eigenvalue weighted by Crippen LogP contribution is 2.34. The van der Waals surface area contributed by atoms with Gasteiger partial charge in [-0.05, 0) is 16.3 Å². The molecular formula is C19H20N2O4. The molecule has 25 heavy (non-hydrogen) atoms. The molecule has 2 N–H and O–H groups in total. The van der Waals surface area contributed by atoms with E-state index in [9.17, 15) is 9.59 Å². The zero-order valence-electron chi connectivity index (χ0n) is 14.0. The number of ether oxygens (including phenoxy) is 2. The Balaban J connectivity index is 1.98. The molecule has 130 valence electrons. The second-order valence-electron chi connectivity index (χ2n) is 5.81. The molecule has 0 saturated carbocycles. The summed E-state index contributed by atoms with van der Waals surface area (Å²) >= 11 is 0. The fourth-order valence-corrected chi connectivity index (χ4v) is 3.06. The smallest absolute Gasteiger partial charge is 0.319 e. The number of rotatable bonds is 5. The maximum Gasteiger partial charge on any atom is 0.319 e. The number of esters is 1. The highest BCUT2D eigenvalue weighted by Gasteiger charge is 2.39. The molecule has 6 heteroatoms. The van der Waals surface area contributed by atoms with Crippen molar-refractivity contribution in [2.45, 2.75) is 6.04 Å². The van der Waals surface area contributed by atoms with Gasteiger partial charge < -0.3 is 20.1 Å². The van der Waals surface area contributed by atoms with E-state index in [1.54, 1.807) is 0 Å². The van der Waals surface area contributed by atoms with Crippen LogP contribution in [0.3, 0.4) is 0 Å². The number of amides is 2. The third-order valence-electron chi connectivity index (χ3n) is 4.21. The van der Waals surface area contributed by atoms with Gasteiger partial charge in [-0.15, -0.1) is 0 Å². The van der Waals surface area contributed by atoms with Crippen LogP contribution in [0, 0.1) is 5.92 Å². The Kier molecular flexibility index (Phi) is 5.00. The Labute approximate surface area is 145 Å². The Morgan fingerprint density at radius 3 is 2.72 bits per heavy atom. The average Bonchev–Trinajstić information content (AvgIpc) is 2.60. The number of fused-ring (bicyclic) bond motifs is 1. The largest absolute Gasteiger partial charge is 0.463 e. The van der Waals surface area contributed by atoms with Crippen LogP contribution < -0.4 is 10.6 Å². The summed E-state index contributed by atoms with van der Waals surface area (Å²) in [5.41, 5.74) is 1.17. The monoisotopic (exact) mass is 340 g/mol. The van der Waals surface area contributed by atoms with Gasteiger partial charge in [0.2, 0.25) is 0 Å². The van der Waals surface area contributed by atoms with Crippen molar-refractivity contribution < 1.29 is 19.1 Å². The quantitative estimate of drug-likeness (QED) is 0.648. The standard InChI is InChI=1S/C19H20N2O4/c1-12-16(18(22)25-11-10-24-2)17(21-19(23)20-12)15-9-5-7-13-6-3-4-8-14(13)15/h3-9,16-17H,1,10-11H2,2H3,(H2,20,21,23)/t16-,17+/m1/s1. The molecule has 3 rings (SSSR count). The minimum absolute atomic E-state index is 0.148. The number of methoxy groups -OCH3 is 1. The van der Waals surface area contributed by atoms with E-state index in [0.717, 1.165) is 16.3 Å². The maximum atomic E-state index is 12.6. The van der Waals surface area contributed by atoms with Gasteiger partial charge in [-0.25, -0.2) is 4.79 Å². The van der Waals surface area contributed by atoms with Crippen LogP contribution in [0.4, 0.5) is 4.79 Å². The lowest BCUT2D eigenvalue weighted by atomic mass is 9.86. The van der Waals surface area contributed by atoms with Crippen LogP contribution >= 0.6 is 0 Å². The molecule has 0 aliphatic carbocycles. The summed E-state index contributed by atoms with van der Waals surface area (Å²) in [6.07, 6.45) is 0. The highest BCUT2D eigenvalue weighted by molar-refractivity contribution is 5.90. The number of carbonyl (C=O) groups is 2. The third-order valence-corrected chi connectivity index (χ3v) is 4.21. The number of benzene rings is 2. The van der Waals surface area contributed by atoms with Crippen LogP contribution in [-0.2, 0) is 14.3 Å². The van der Waals surface area contributed by atoms with Crippen LogP contribution in [0.5, 0.6) is 0 Å². The van der Waals surface area contributed by atoms with Crippen LogP contribution in [0.25, 0.3) is 10.8 Å². The zero-order chi connectivity index (χ0) is 17.8. The van der Waals surface area contributed by atoms with E-state index in [1.165, 1.54) is 7.11 Å². The Bertz CT molecular complexity index is 813. The Morgan fingerprint density at radius 1 is 1.16 bits per heavy atom. The summed E-state index contributed by atoms with van der Waals surface area (Å²) in [6.45, 7) is 4.30. The Hall–Kier alpha value is -2.86. The molecule has 1 heterocycles. The molecular weight excluding hydrogens is 320 g/mol. The molecule has 1 saturated heterocycles. The van der Waals surface area contributed by atoms with E-state index in [1.807, 2.05) is 42.5 Å². The van der Waals surface area contributed by atoms with Crippen LogP contribution in [0.15, 0.2) is 54.7 Å². The molecule has 2 aromatic rings.